The van der Waals surface area contributed by atoms with Gasteiger partial charge in [0.15, 0.2) is 0 Å². The Balaban J connectivity index is 2.93. The normalized spacial score (nSPS) is 14.6. The van der Waals surface area contributed by atoms with E-state index in [1.54, 1.807) is 6.92 Å². The van der Waals surface area contributed by atoms with Gasteiger partial charge in [0.2, 0.25) is 0 Å². The summed E-state index contributed by atoms with van der Waals surface area (Å²) in [6.45, 7) is 7.48. The van der Waals surface area contributed by atoms with E-state index in [1.165, 1.54) is 0 Å². The van der Waals surface area contributed by atoms with Gasteiger partial charge in [0, 0.05) is 0 Å². The van der Waals surface area contributed by atoms with Crippen LogP contribution in [0.1, 0.15) is 13.8 Å². The monoisotopic (exact) mass is 117 g/mol. The van der Waals surface area contributed by atoms with E-state index in [2.05, 4.69) is 6.92 Å². The molecular weight excluding hydrogens is 104 g/mol. The van der Waals surface area contributed by atoms with Gasteiger partial charge >= 0.3 is 0 Å². The summed E-state index contributed by atoms with van der Waals surface area (Å²) in [5.41, 5.74) is 0. The molecule has 0 aliphatic carbocycles. The Labute approximate surface area is 50.5 Å². The fourth-order valence-electron chi connectivity index (χ4n) is 0.304. The van der Waals surface area contributed by atoms with Crippen LogP contribution in [-0.4, -0.2) is 23.9 Å². The van der Waals surface area contributed by atoms with Crippen molar-refractivity contribution in [1.29, 1.82) is 0 Å². The molecule has 0 heterocycles. The van der Waals surface area contributed by atoms with Crippen molar-refractivity contribution >= 4 is 0 Å². The van der Waals surface area contributed by atoms with Gasteiger partial charge in [0.1, 0.15) is 0 Å². The molecule has 8 heavy (non-hydrogen) atoms. The lowest BCUT2D eigenvalue weighted by Crippen LogP contribution is -2.14. The molecule has 2 unspecified atom stereocenters. The molecule has 2 nitrogen and oxygen atoms in total. The SMILES string of the molecule is [CH2]C(C)OCC(C)O. The lowest BCUT2D eigenvalue weighted by molar-refractivity contribution is 0.0236. The van der Waals surface area contributed by atoms with Crippen molar-refractivity contribution in [3.8, 4) is 0 Å². The summed E-state index contributed by atoms with van der Waals surface area (Å²) in [6, 6.07) is 0. The number of aliphatic hydroxyl groups excluding tert-OH is 1. The van der Waals surface area contributed by atoms with E-state index in [1.807, 2.05) is 6.92 Å². The van der Waals surface area contributed by atoms with Crippen molar-refractivity contribution in [3.05, 3.63) is 6.92 Å². The Morgan fingerprint density at radius 1 is 1.62 bits per heavy atom. The van der Waals surface area contributed by atoms with Gasteiger partial charge in [-0.05, 0) is 20.8 Å². The molecule has 0 rings (SSSR count). The second-order valence-electron chi connectivity index (χ2n) is 1.99. The summed E-state index contributed by atoms with van der Waals surface area (Å²) in [4.78, 5) is 0. The minimum absolute atomic E-state index is 0.0235. The summed E-state index contributed by atoms with van der Waals surface area (Å²) >= 11 is 0. The maximum atomic E-state index is 8.65. The molecule has 0 amide bonds. The summed E-state index contributed by atoms with van der Waals surface area (Å²) in [5.74, 6) is 0. The van der Waals surface area contributed by atoms with Crippen LogP contribution in [0.4, 0.5) is 0 Å². The molecule has 49 valence electrons. The van der Waals surface area contributed by atoms with Gasteiger partial charge in [-0.25, -0.2) is 0 Å². The lowest BCUT2D eigenvalue weighted by atomic mass is 10.4. The average molecular weight is 117 g/mol. The highest BCUT2D eigenvalue weighted by atomic mass is 16.5. The maximum Gasteiger partial charge on any atom is 0.0745 e. The molecule has 0 aliphatic heterocycles. The molecular formula is C6H13O2. The first-order valence-corrected chi connectivity index (χ1v) is 2.75. The van der Waals surface area contributed by atoms with E-state index in [0.717, 1.165) is 0 Å². The van der Waals surface area contributed by atoms with Crippen molar-refractivity contribution in [2.24, 2.45) is 0 Å². The molecule has 1 radical (unpaired) electrons. The van der Waals surface area contributed by atoms with E-state index in [9.17, 15) is 0 Å². The van der Waals surface area contributed by atoms with Crippen LogP contribution >= 0.6 is 0 Å². The Kier molecular flexibility index (Phi) is 3.83. The van der Waals surface area contributed by atoms with Crippen LogP contribution in [0.3, 0.4) is 0 Å². The van der Waals surface area contributed by atoms with Crippen LogP contribution in [0.2, 0.25) is 0 Å². The topological polar surface area (TPSA) is 29.5 Å². The smallest absolute Gasteiger partial charge is 0.0745 e. The summed E-state index contributed by atoms with van der Waals surface area (Å²) in [7, 11) is 0. The van der Waals surface area contributed by atoms with E-state index in [-0.39, 0.29) is 12.2 Å². The highest BCUT2D eigenvalue weighted by Gasteiger charge is 1.96. The van der Waals surface area contributed by atoms with Gasteiger partial charge in [-0.15, -0.1) is 0 Å². The number of hydrogen-bond donors (Lipinski definition) is 1. The molecule has 0 fully saturated rings. The van der Waals surface area contributed by atoms with Crippen LogP contribution in [0, 0.1) is 6.92 Å². The van der Waals surface area contributed by atoms with E-state index in [4.69, 9.17) is 9.84 Å². The number of hydrogen-bond acceptors (Lipinski definition) is 2. The highest BCUT2D eigenvalue weighted by Crippen LogP contribution is 1.88. The molecule has 0 saturated carbocycles. The average Bonchev–Trinajstić information content (AvgIpc) is 1.61. The molecule has 0 aromatic heterocycles. The van der Waals surface area contributed by atoms with Crippen molar-refractivity contribution in [1.82, 2.24) is 0 Å². The molecule has 0 aromatic carbocycles. The molecule has 0 bridgehead atoms. The highest BCUT2D eigenvalue weighted by molar-refractivity contribution is 4.51. The van der Waals surface area contributed by atoms with Crippen molar-refractivity contribution in [2.75, 3.05) is 6.61 Å². The first kappa shape index (κ1) is 7.92. The lowest BCUT2D eigenvalue weighted by Gasteiger charge is -2.07. The van der Waals surface area contributed by atoms with Crippen LogP contribution in [0.5, 0.6) is 0 Å². The molecule has 1 N–H and O–H groups in total. The minimum atomic E-state index is -0.376. The zero-order chi connectivity index (χ0) is 6.57. The predicted molar refractivity (Wildman–Crippen MR) is 32.5 cm³/mol. The van der Waals surface area contributed by atoms with Crippen molar-refractivity contribution in [2.45, 2.75) is 26.1 Å². The third-order valence-corrected chi connectivity index (χ3v) is 0.622. The molecule has 0 aromatic rings. The quantitative estimate of drug-likeness (QED) is 0.586. The van der Waals surface area contributed by atoms with Gasteiger partial charge < -0.3 is 9.84 Å². The molecule has 0 saturated heterocycles. The molecule has 0 aliphatic rings. The summed E-state index contributed by atoms with van der Waals surface area (Å²) in [5, 5.41) is 8.65. The van der Waals surface area contributed by atoms with E-state index < -0.39 is 0 Å². The fourth-order valence-corrected chi connectivity index (χ4v) is 0.304. The Morgan fingerprint density at radius 3 is 2.25 bits per heavy atom. The largest absolute Gasteiger partial charge is 0.391 e. The number of ether oxygens (including phenoxy) is 1. The summed E-state index contributed by atoms with van der Waals surface area (Å²) < 4.78 is 4.94. The first-order valence-electron chi connectivity index (χ1n) is 2.75. The van der Waals surface area contributed by atoms with Crippen LogP contribution < -0.4 is 0 Å². The van der Waals surface area contributed by atoms with Crippen LogP contribution in [0.25, 0.3) is 0 Å². The Hall–Kier alpha value is -0.0800. The standard InChI is InChI=1S/C6H13O2/c1-5(2)8-4-6(3)7/h5-7H,1,4H2,2-3H3. The van der Waals surface area contributed by atoms with Crippen LogP contribution in [-0.2, 0) is 4.74 Å². The number of rotatable bonds is 3. The van der Waals surface area contributed by atoms with Crippen molar-refractivity contribution < 1.29 is 9.84 Å². The van der Waals surface area contributed by atoms with Gasteiger partial charge in [0.05, 0.1) is 18.8 Å². The zero-order valence-corrected chi connectivity index (χ0v) is 5.42. The van der Waals surface area contributed by atoms with Crippen LogP contribution in [0.15, 0.2) is 0 Å². The predicted octanol–water partition coefficient (Wildman–Crippen LogP) is 0.606. The van der Waals surface area contributed by atoms with Gasteiger partial charge in [-0.2, -0.15) is 0 Å². The Bertz CT molecular complexity index is 42.5. The molecule has 2 atom stereocenters. The van der Waals surface area contributed by atoms with E-state index in [0.29, 0.717) is 6.61 Å². The fraction of sp³-hybridized carbons (Fsp3) is 0.833. The van der Waals surface area contributed by atoms with Gasteiger partial charge in [0.25, 0.3) is 0 Å². The minimum Gasteiger partial charge on any atom is -0.391 e. The number of aliphatic hydroxyl groups is 1. The molecule has 2 heteroatoms. The second-order valence-corrected chi connectivity index (χ2v) is 1.99. The van der Waals surface area contributed by atoms with Gasteiger partial charge in [-0.3, -0.25) is 0 Å². The van der Waals surface area contributed by atoms with Gasteiger partial charge in [-0.1, -0.05) is 0 Å². The Morgan fingerprint density at radius 2 is 2.12 bits per heavy atom. The zero-order valence-electron chi connectivity index (χ0n) is 5.42. The maximum absolute atomic E-state index is 8.65. The van der Waals surface area contributed by atoms with E-state index >= 15 is 0 Å². The third kappa shape index (κ3) is 5.92. The second kappa shape index (κ2) is 3.87. The molecule has 0 spiro atoms. The van der Waals surface area contributed by atoms with Crippen molar-refractivity contribution in [3.63, 3.8) is 0 Å². The third-order valence-electron chi connectivity index (χ3n) is 0.622. The summed E-state index contributed by atoms with van der Waals surface area (Å²) in [6.07, 6.45) is -0.399. The first-order chi connectivity index (χ1) is 3.63.